The number of alkyl halides is 3. The van der Waals surface area contributed by atoms with Gasteiger partial charge in [0.25, 0.3) is 0 Å². The van der Waals surface area contributed by atoms with Crippen molar-refractivity contribution in [3.8, 4) is 0 Å². The van der Waals surface area contributed by atoms with Crippen molar-refractivity contribution >= 4 is 0 Å². The fourth-order valence-electron chi connectivity index (χ4n) is 2.64. The molecule has 136 valence electrons. The van der Waals surface area contributed by atoms with Crippen LogP contribution in [-0.2, 0) is 15.7 Å². The molecule has 0 amide bonds. The summed E-state index contributed by atoms with van der Waals surface area (Å²) >= 11 is 0. The van der Waals surface area contributed by atoms with Gasteiger partial charge in [-0.1, -0.05) is 12.1 Å². The van der Waals surface area contributed by atoms with Crippen LogP contribution in [0.5, 0.6) is 0 Å². The van der Waals surface area contributed by atoms with Crippen molar-refractivity contribution in [2.75, 3.05) is 32.8 Å². The normalized spacial score (nSPS) is 21.2. The standard InChI is InChI=1S/C17H24F3NO3/c1-12(2)24-11-15(22)9-21-6-7-23-16(10-21)13-4-3-5-14(8-13)17(18,19)20/h3-5,8,12,15-16,22H,6-7,9-11H2,1-2H3. The minimum absolute atomic E-state index is 0.0437. The Labute approximate surface area is 140 Å². The molecule has 1 heterocycles. The molecule has 1 N–H and O–H groups in total. The number of morpholine rings is 1. The predicted octanol–water partition coefficient (Wildman–Crippen LogP) is 2.86. The molecule has 0 radical (unpaired) electrons. The predicted molar refractivity (Wildman–Crippen MR) is 83.7 cm³/mol. The number of nitrogens with zero attached hydrogens (tertiary/aromatic N) is 1. The van der Waals surface area contributed by atoms with E-state index in [1.807, 2.05) is 18.7 Å². The number of hydrogen-bond donors (Lipinski definition) is 1. The maximum Gasteiger partial charge on any atom is 0.416 e. The lowest BCUT2D eigenvalue weighted by Crippen LogP contribution is -2.43. The molecule has 0 aromatic heterocycles. The van der Waals surface area contributed by atoms with Gasteiger partial charge in [0, 0.05) is 19.6 Å². The van der Waals surface area contributed by atoms with Crippen LogP contribution in [0.3, 0.4) is 0 Å². The number of rotatable bonds is 6. The van der Waals surface area contributed by atoms with Crippen LogP contribution in [0.2, 0.25) is 0 Å². The van der Waals surface area contributed by atoms with Gasteiger partial charge in [0.15, 0.2) is 0 Å². The third-order valence-electron chi connectivity index (χ3n) is 3.83. The van der Waals surface area contributed by atoms with Gasteiger partial charge in [-0.05, 0) is 31.5 Å². The molecule has 4 nitrogen and oxygen atoms in total. The van der Waals surface area contributed by atoms with Crippen LogP contribution < -0.4 is 0 Å². The number of hydrogen-bond acceptors (Lipinski definition) is 4. The van der Waals surface area contributed by atoms with Crippen molar-refractivity contribution in [1.82, 2.24) is 4.90 Å². The lowest BCUT2D eigenvalue weighted by atomic mass is 10.0. The maximum atomic E-state index is 12.8. The Morgan fingerprint density at radius 3 is 2.79 bits per heavy atom. The third kappa shape index (κ3) is 5.73. The number of halogens is 3. The molecule has 1 aromatic carbocycles. The van der Waals surface area contributed by atoms with Gasteiger partial charge in [-0.2, -0.15) is 13.2 Å². The number of benzene rings is 1. The lowest BCUT2D eigenvalue weighted by molar-refractivity contribution is -0.137. The van der Waals surface area contributed by atoms with Gasteiger partial charge in [-0.3, -0.25) is 4.90 Å². The summed E-state index contributed by atoms with van der Waals surface area (Å²) in [7, 11) is 0. The highest BCUT2D eigenvalue weighted by Crippen LogP contribution is 2.32. The van der Waals surface area contributed by atoms with Gasteiger partial charge in [0.1, 0.15) is 0 Å². The maximum absolute atomic E-state index is 12.8. The number of aliphatic hydroxyl groups is 1. The van der Waals surface area contributed by atoms with E-state index in [4.69, 9.17) is 9.47 Å². The zero-order valence-electron chi connectivity index (χ0n) is 13.9. The van der Waals surface area contributed by atoms with Crippen LogP contribution in [0.4, 0.5) is 13.2 Å². The molecule has 1 saturated heterocycles. The Hall–Kier alpha value is -1.15. The average molecular weight is 347 g/mol. The summed E-state index contributed by atoms with van der Waals surface area (Å²) < 4.78 is 49.5. The zero-order valence-corrected chi connectivity index (χ0v) is 13.9. The van der Waals surface area contributed by atoms with Crippen LogP contribution in [-0.4, -0.2) is 55.1 Å². The molecule has 2 atom stereocenters. The summed E-state index contributed by atoms with van der Waals surface area (Å²) in [5, 5.41) is 10.0. The molecular weight excluding hydrogens is 323 g/mol. The Balaban J connectivity index is 1.95. The highest BCUT2D eigenvalue weighted by molar-refractivity contribution is 5.27. The number of ether oxygens (including phenoxy) is 2. The van der Waals surface area contributed by atoms with Crippen molar-refractivity contribution < 1.29 is 27.8 Å². The highest BCUT2D eigenvalue weighted by Gasteiger charge is 2.32. The van der Waals surface area contributed by atoms with Crippen molar-refractivity contribution in [3.05, 3.63) is 35.4 Å². The van der Waals surface area contributed by atoms with Crippen LogP contribution in [0.15, 0.2) is 24.3 Å². The molecule has 1 aromatic rings. The largest absolute Gasteiger partial charge is 0.416 e. The number of aliphatic hydroxyl groups excluding tert-OH is 1. The first-order chi connectivity index (χ1) is 11.3. The molecule has 1 aliphatic heterocycles. The minimum Gasteiger partial charge on any atom is -0.389 e. The second-order valence-electron chi connectivity index (χ2n) is 6.28. The summed E-state index contributed by atoms with van der Waals surface area (Å²) in [5.74, 6) is 0. The molecule has 24 heavy (non-hydrogen) atoms. The molecular formula is C17H24F3NO3. The first-order valence-corrected chi connectivity index (χ1v) is 8.06. The zero-order chi connectivity index (χ0) is 17.7. The van der Waals surface area contributed by atoms with E-state index in [1.165, 1.54) is 6.07 Å². The van der Waals surface area contributed by atoms with E-state index in [0.29, 0.717) is 31.8 Å². The number of β-amino-alcohol motifs (C(OH)–C–C–N with tert-alkyl or cyclic N) is 1. The van der Waals surface area contributed by atoms with E-state index in [1.54, 1.807) is 6.07 Å². The van der Waals surface area contributed by atoms with Crippen LogP contribution >= 0.6 is 0 Å². The van der Waals surface area contributed by atoms with E-state index < -0.39 is 23.9 Å². The van der Waals surface area contributed by atoms with Gasteiger partial charge in [0.2, 0.25) is 0 Å². The summed E-state index contributed by atoms with van der Waals surface area (Å²) in [6.07, 6.45) is -5.39. The monoisotopic (exact) mass is 347 g/mol. The lowest BCUT2D eigenvalue weighted by Gasteiger charge is -2.34. The Kier molecular flexibility index (Phi) is 6.62. The molecule has 2 rings (SSSR count). The van der Waals surface area contributed by atoms with E-state index in [0.717, 1.165) is 12.1 Å². The first kappa shape index (κ1) is 19.2. The van der Waals surface area contributed by atoms with Gasteiger partial charge in [-0.25, -0.2) is 0 Å². The molecule has 2 unspecified atom stereocenters. The molecule has 0 bridgehead atoms. The second-order valence-corrected chi connectivity index (χ2v) is 6.28. The smallest absolute Gasteiger partial charge is 0.389 e. The minimum atomic E-state index is -4.37. The summed E-state index contributed by atoms with van der Waals surface area (Å²) in [6.45, 7) is 5.93. The Bertz CT molecular complexity index is 522. The van der Waals surface area contributed by atoms with Gasteiger partial charge in [0.05, 0.1) is 37.1 Å². The van der Waals surface area contributed by atoms with Crippen molar-refractivity contribution in [3.63, 3.8) is 0 Å². The molecule has 0 saturated carbocycles. The van der Waals surface area contributed by atoms with E-state index in [2.05, 4.69) is 0 Å². The average Bonchev–Trinajstić information content (AvgIpc) is 2.52. The van der Waals surface area contributed by atoms with E-state index in [-0.39, 0.29) is 12.7 Å². The summed E-state index contributed by atoms with van der Waals surface area (Å²) in [5.41, 5.74) is -0.173. The van der Waals surface area contributed by atoms with Crippen molar-refractivity contribution in [2.45, 2.75) is 38.3 Å². The third-order valence-corrected chi connectivity index (χ3v) is 3.83. The highest BCUT2D eigenvalue weighted by atomic mass is 19.4. The van der Waals surface area contributed by atoms with Gasteiger partial charge in [-0.15, -0.1) is 0 Å². The fraction of sp³-hybridized carbons (Fsp3) is 0.647. The fourth-order valence-corrected chi connectivity index (χ4v) is 2.64. The summed E-state index contributed by atoms with van der Waals surface area (Å²) in [6, 6.07) is 5.22. The van der Waals surface area contributed by atoms with E-state index >= 15 is 0 Å². The second kappa shape index (κ2) is 8.29. The molecule has 1 aliphatic rings. The molecule has 7 heteroatoms. The van der Waals surface area contributed by atoms with Crippen molar-refractivity contribution in [2.24, 2.45) is 0 Å². The van der Waals surface area contributed by atoms with E-state index in [9.17, 15) is 18.3 Å². The summed E-state index contributed by atoms with van der Waals surface area (Å²) in [4.78, 5) is 1.99. The van der Waals surface area contributed by atoms with Crippen LogP contribution in [0.1, 0.15) is 31.1 Å². The quantitative estimate of drug-likeness (QED) is 0.859. The van der Waals surface area contributed by atoms with Crippen LogP contribution in [0, 0.1) is 0 Å². The molecule has 0 aliphatic carbocycles. The van der Waals surface area contributed by atoms with Crippen LogP contribution in [0.25, 0.3) is 0 Å². The molecule has 0 spiro atoms. The van der Waals surface area contributed by atoms with Gasteiger partial charge < -0.3 is 14.6 Å². The Morgan fingerprint density at radius 1 is 1.38 bits per heavy atom. The van der Waals surface area contributed by atoms with Crippen molar-refractivity contribution in [1.29, 1.82) is 0 Å². The topological polar surface area (TPSA) is 41.9 Å². The molecule has 1 fully saturated rings. The SMILES string of the molecule is CC(C)OCC(O)CN1CCOC(c2cccc(C(F)(F)F)c2)C1. The van der Waals surface area contributed by atoms with Gasteiger partial charge >= 0.3 is 6.18 Å². The first-order valence-electron chi connectivity index (χ1n) is 8.06. The Morgan fingerprint density at radius 2 is 2.12 bits per heavy atom.